The molecule has 20 N–H and O–H groups in total. The number of nitrogens with two attached hydrogens (primary N) is 6. The summed E-state index contributed by atoms with van der Waals surface area (Å²) in [5.74, 6) is -9.28. The molecule has 24 nitrogen and oxygen atoms in total. The van der Waals surface area contributed by atoms with E-state index in [1.54, 1.807) is 0 Å². The second-order valence-electron chi connectivity index (χ2n) is 11.1. The summed E-state index contributed by atoms with van der Waals surface area (Å²) in [7, 11) is 0. The summed E-state index contributed by atoms with van der Waals surface area (Å²) >= 11 is 0. The van der Waals surface area contributed by atoms with Crippen LogP contribution in [0.4, 0.5) is 0 Å². The molecule has 6 amide bonds. The van der Waals surface area contributed by atoms with Gasteiger partial charge in [-0.05, 0) is 39.0 Å². The molecule has 0 aliphatic rings. The number of guanidine groups is 2. The molecule has 51 heavy (non-hydrogen) atoms. The number of primary amides is 1. The molecule has 0 heterocycles. The number of carboxylic acid groups (broad SMARTS) is 2. The number of nitrogens with zero attached hydrogens (tertiary/aromatic N) is 2. The maximum Gasteiger partial charge on any atom is 0.326 e. The lowest BCUT2D eigenvalue weighted by Gasteiger charge is -2.26. The first-order chi connectivity index (χ1) is 23.8. The van der Waals surface area contributed by atoms with Crippen LogP contribution in [0.2, 0.25) is 0 Å². The van der Waals surface area contributed by atoms with Crippen molar-refractivity contribution < 1.29 is 53.7 Å². The number of carbonyl (C=O) groups is 8. The molecule has 0 aliphatic heterocycles. The second-order valence-corrected chi connectivity index (χ2v) is 11.1. The largest absolute Gasteiger partial charge is 0.481 e. The molecule has 0 spiro atoms. The van der Waals surface area contributed by atoms with E-state index in [2.05, 4.69) is 31.3 Å². The lowest BCUT2D eigenvalue weighted by molar-refractivity contribution is -0.147. The standard InChI is InChI=1S/C27H49N13O11/c1-12(20(45)37-16(6-7-18(29)42)24(49)40-17(25(50)51)10-19(43)44)36-22(47)14(4-2-8-34-26(30)31)39-23(48)15(5-3-9-35-27(32)33)38-21(46)13(28)11-41/h12-17,41H,2-11,28H2,1H3,(H2,29,42)(H,36,47)(H,37,45)(H,38,46)(H,39,48)(H,40,49)(H,43,44)(H,50,51)(H4,30,31,34)(H4,32,33,35)/t12-,13-,14-,15-,16-,17-/m0/s1. The number of hydrogen-bond acceptors (Lipinski definition) is 12. The van der Waals surface area contributed by atoms with Gasteiger partial charge >= 0.3 is 11.9 Å². The summed E-state index contributed by atoms with van der Waals surface area (Å²) in [6.07, 6.45) is -1.62. The average molecular weight is 732 g/mol. The lowest BCUT2D eigenvalue weighted by Crippen LogP contribution is -2.59. The zero-order valence-corrected chi connectivity index (χ0v) is 28.0. The Bertz CT molecular complexity index is 1300. The number of hydrogen-bond donors (Lipinski definition) is 14. The van der Waals surface area contributed by atoms with Crippen molar-refractivity contribution in [2.45, 2.75) is 88.1 Å². The van der Waals surface area contributed by atoms with Crippen molar-refractivity contribution in [3.05, 3.63) is 0 Å². The molecular formula is C27H49N13O11. The molecule has 0 aromatic carbocycles. The molecular weight excluding hydrogens is 682 g/mol. The Kier molecular flexibility index (Phi) is 20.9. The number of nitrogens with one attached hydrogen (secondary N) is 5. The van der Waals surface area contributed by atoms with Gasteiger partial charge in [0.25, 0.3) is 0 Å². The van der Waals surface area contributed by atoms with Gasteiger partial charge < -0.3 is 76.3 Å². The molecule has 0 aliphatic carbocycles. The number of aliphatic imine (C=N–C) groups is 2. The van der Waals surface area contributed by atoms with E-state index < -0.39 is 110 Å². The summed E-state index contributed by atoms with van der Waals surface area (Å²) in [5.41, 5.74) is 32.0. The number of amides is 6. The van der Waals surface area contributed by atoms with Gasteiger partial charge in [-0.25, -0.2) is 4.79 Å². The summed E-state index contributed by atoms with van der Waals surface area (Å²) < 4.78 is 0. The molecule has 0 bridgehead atoms. The third kappa shape index (κ3) is 19.7. The Hall–Kier alpha value is -5.78. The summed E-state index contributed by atoms with van der Waals surface area (Å²) in [4.78, 5) is 106. The second kappa shape index (κ2) is 23.6. The molecule has 6 atom stereocenters. The lowest BCUT2D eigenvalue weighted by atomic mass is 10.1. The Morgan fingerprint density at radius 1 is 0.608 bits per heavy atom. The predicted octanol–water partition coefficient (Wildman–Crippen LogP) is -7.32. The Labute approximate surface area is 291 Å². The van der Waals surface area contributed by atoms with Crippen molar-refractivity contribution in [3.63, 3.8) is 0 Å². The van der Waals surface area contributed by atoms with E-state index >= 15 is 0 Å². The number of rotatable bonds is 25. The molecule has 0 fully saturated rings. The molecule has 0 aromatic rings. The highest BCUT2D eigenvalue weighted by molar-refractivity contribution is 5.96. The van der Waals surface area contributed by atoms with Crippen LogP contribution in [0.5, 0.6) is 0 Å². The Balaban J connectivity index is 6.04. The highest BCUT2D eigenvalue weighted by Gasteiger charge is 2.32. The van der Waals surface area contributed by atoms with Gasteiger partial charge in [0, 0.05) is 19.5 Å². The Morgan fingerprint density at radius 2 is 1.02 bits per heavy atom. The minimum Gasteiger partial charge on any atom is -0.481 e. The van der Waals surface area contributed by atoms with Crippen LogP contribution in [0, 0.1) is 0 Å². The van der Waals surface area contributed by atoms with E-state index in [1.807, 2.05) is 5.32 Å². The maximum atomic E-state index is 13.4. The van der Waals surface area contributed by atoms with Crippen LogP contribution < -0.4 is 61.0 Å². The number of carbonyl (C=O) groups excluding carboxylic acids is 6. The number of carboxylic acids is 2. The van der Waals surface area contributed by atoms with Gasteiger partial charge in [0.1, 0.15) is 36.3 Å². The fourth-order valence-corrected chi connectivity index (χ4v) is 4.06. The van der Waals surface area contributed by atoms with Crippen molar-refractivity contribution >= 4 is 59.3 Å². The topological polar surface area (TPSA) is 438 Å². The van der Waals surface area contributed by atoms with Crippen molar-refractivity contribution in [2.24, 2.45) is 44.4 Å². The van der Waals surface area contributed by atoms with Crippen molar-refractivity contribution in [2.75, 3.05) is 19.7 Å². The SMILES string of the molecule is C[C@H](NC(=O)[C@H](CCCN=C(N)N)NC(=O)[C@H](CCCN=C(N)N)NC(=O)[C@@H](N)CO)C(=O)N[C@@H](CCC(N)=O)C(=O)N[C@@H](CC(=O)O)C(=O)O. The average Bonchev–Trinajstić information content (AvgIpc) is 3.03. The van der Waals surface area contributed by atoms with E-state index in [0.29, 0.717) is 0 Å². The summed E-state index contributed by atoms with van der Waals surface area (Å²) in [5, 5.41) is 38.9. The normalized spacial score (nSPS) is 14.1. The fraction of sp³-hybridized carbons (Fsp3) is 0.630. The fourth-order valence-electron chi connectivity index (χ4n) is 4.06. The van der Waals surface area contributed by atoms with Crippen LogP contribution in [0.1, 0.15) is 51.9 Å². The first-order valence-electron chi connectivity index (χ1n) is 15.5. The van der Waals surface area contributed by atoms with Crippen LogP contribution >= 0.6 is 0 Å². The van der Waals surface area contributed by atoms with Gasteiger partial charge in [0.05, 0.1) is 13.0 Å². The van der Waals surface area contributed by atoms with Crippen LogP contribution in [0.15, 0.2) is 9.98 Å². The van der Waals surface area contributed by atoms with Crippen molar-refractivity contribution in [3.8, 4) is 0 Å². The van der Waals surface area contributed by atoms with Crippen LogP contribution in [-0.4, -0.2) is 131 Å². The van der Waals surface area contributed by atoms with Crippen LogP contribution in [0.25, 0.3) is 0 Å². The minimum absolute atomic E-state index is 0.0302. The van der Waals surface area contributed by atoms with Gasteiger partial charge in [-0.3, -0.25) is 43.5 Å². The monoisotopic (exact) mass is 731 g/mol. The highest BCUT2D eigenvalue weighted by atomic mass is 16.4. The zero-order valence-electron chi connectivity index (χ0n) is 28.0. The first-order valence-corrected chi connectivity index (χ1v) is 15.5. The predicted molar refractivity (Wildman–Crippen MR) is 179 cm³/mol. The number of aliphatic hydroxyl groups is 1. The molecule has 0 saturated carbocycles. The molecule has 0 aromatic heterocycles. The molecule has 288 valence electrons. The van der Waals surface area contributed by atoms with Gasteiger partial charge in [0.2, 0.25) is 35.4 Å². The number of aliphatic carboxylic acids is 2. The van der Waals surface area contributed by atoms with Gasteiger partial charge in [-0.15, -0.1) is 0 Å². The summed E-state index contributed by atoms with van der Waals surface area (Å²) in [6, 6.07) is -8.86. The quantitative estimate of drug-likeness (QED) is 0.0235. The van der Waals surface area contributed by atoms with E-state index in [9.17, 15) is 48.6 Å². The molecule has 0 unspecified atom stereocenters. The van der Waals surface area contributed by atoms with Crippen molar-refractivity contribution in [1.82, 2.24) is 26.6 Å². The van der Waals surface area contributed by atoms with E-state index in [1.165, 1.54) is 6.92 Å². The molecule has 0 radical (unpaired) electrons. The summed E-state index contributed by atoms with van der Waals surface area (Å²) in [6.45, 7) is 0.607. The van der Waals surface area contributed by atoms with Crippen LogP contribution in [-0.2, 0) is 38.4 Å². The first kappa shape index (κ1) is 45.2. The van der Waals surface area contributed by atoms with Gasteiger partial charge in [0.15, 0.2) is 11.9 Å². The van der Waals surface area contributed by atoms with Crippen molar-refractivity contribution in [1.29, 1.82) is 0 Å². The highest BCUT2D eigenvalue weighted by Crippen LogP contribution is 2.06. The molecule has 0 rings (SSSR count). The number of aliphatic hydroxyl groups excluding tert-OH is 1. The van der Waals surface area contributed by atoms with Gasteiger partial charge in [-0.1, -0.05) is 0 Å². The van der Waals surface area contributed by atoms with E-state index in [4.69, 9.17) is 39.5 Å². The third-order valence-electron chi connectivity index (χ3n) is 6.75. The maximum absolute atomic E-state index is 13.4. The molecule has 0 saturated heterocycles. The van der Waals surface area contributed by atoms with E-state index in [0.717, 1.165) is 0 Å². The van der Waals surface area contributed by atoms with Crippen LogP contribution in [0.3, 0.4) is 0 Å². The minimum atomic E-state index is -1.87. The molecule has 24 heteroatoms. The van der Waals surface area contributed by atoms with E-state index in [-0.39, 0.29) is 50.7 Å². The Morgan fingerprint density at radius 3 is 1.43 bits per heavy atom. The van der Waals surface area contributed by atoms with Gasteiger partial charge in [-0.2, -0.15) is 0 Å². The smallest absolute Gasteiger partial charge is 0.326 e. The zero-order chi connectivity index (χ0) is 39.3. The third-order valence-corrected chi connectivity index (χ3v) is 6.75.